The summed E-state index contributed by atoms with van der Waals surface area (Å²) < 4.78 is 26.6. The number of benzene rings is 3. The highest BCUT2D eigenvalue weighted by molar-refractivity contribution is 7.91. The van der Waals surface area contributed by atoms with Gasteiger partial charge in [-0.3, -0.25) is 14.9 Å². The molecule has 7 nitrogen and oxygen atoms in total. The Balaban J connectivity index is 1.95. The largest absolute Gasteiger partial charge is 0.377 e. The van der Waals surface area contributed by atoms with Gasteiger partial charge in [-0.15, -0.1) is 0 Å². The summed E-state index contributed by atoms with van der Waals surface area (Å²) in [6.45, 7) is 0.0606. The van der Waals surface area contributed by atoms with Gasteiger partial charge >= 0.3 is 0 Å². The number of Topliss-reactive ketones (excluding diaryl/α,β-unsaturated/α-hetero) is 1. The van der Waals surface area contributed by atoms with Crippen molar-refractivity contribution < 1.29 is 18.1 Å². The average molecular weight is 394 g/mol. The number of nitro groups is 1. The Morgan fingerprint density at radius 3 is 2.25 bits per heavy atom. The van der Waals surface area contributed by atoms with Crippen LogP contribution in [-0.4, -0.2) is 25.7 Å². The number of carbonyl (C=O) groups is 1. The predicted octanol–water partition coefficient (Wildman–Crippen LogP) is 3.70. The first kappa shape index (κ1) is 17.9. The van der Waals surface area contributed by atoms with E-state index in [4.69, 9.17) is 0 Å². The molecular formula is C20H14N2O5S. The van der Waals surface area contributed by atoms with Crippen molar-refractivity contribution in [2.45, 2.75) is 9.79 Å². The minimum atomic E-state index is -3.97. The van der Waals surface area contributed by atoms with Crippen LogP contribution in [0.5, 0.6) is 0 Å². The number of ketones is 1. The van der Waals surface area contributed by atoms with Gasteiger partial charge in [-0.05, 0) is 29.8 Å². The van der Waals surface area contributed by atoms with Crippen molar-refractivity contribution in [3.05, 3.63) is 82.4 Å². The summed E-state index contributed by atoms with van der Waals surface area (Å²) in [7, 11) is -3.97. The van der Waals surface area contributed by atoms with Crippen LogP contribution in [-0.2, 0) is 9.84 Å². The van der Waals surface area contributed by atoms with Crippen LogP contribution >= 0.6 is 0 Å². The Morgan fingerprint density at radius 2 is 1.57 bits per heavy atom. The summed E-state index contributed by atoms with van der Waals surface area (Å²) >= 11 is 0. The monoisotopic (exact) mass is 394 g/mol. The van der Waals surface area contributed by atoms with Gasteiger partial charge in [-0.2, -0.15) is 0 Å². The molecule has 1 aliphatic rings. The third-order valence-corrected chi connectivity index (χ3v) is 6.42. The third-order valence-electron chi connectivity index (χ3n) is 4.61. The van der Waals surface area contributed by atoms with Crippen molar-refractivity contribution in [2.24, 2.45) is 0 Å². The van der Waals surface area contributed by atoms with Crippen molar-refractivity contribution in [3.63, 3.8) is 0 Å². The number of anilines is 1. The lowest BCUT2D eigenvalue weighted by Crippen LogP contribution is -2.11. The first-order valence-corrected chi connectivity index (χ1v) is 9.87. The van der Waals surface area contributed by atoms with E-state index < -0.39 is 14.8 Å². The molecule has 0 radical (unpaired) electrons. The highest BCUT2D eigenvalue weighted by atomic mass is 32.2. The third kappa shape index (κ3) is 2.84. The van der Waals surface area contributed by atoms with Gasteiger partial charge in [0.15, 0.2) is 5.78 Å². The number of rotatable bonds is 3. The van der Waals surface area contributed by atoms with Crippen molar-refractivity contribution in [3.8, 4) is 11.1 Å². The highest BCUT2D eigenvalue weighted by Crippen LogP contribution is 2.40. The molecule has 0 saturated heterocycles. The maximum atomic E-state index is 13.3. The van der Waals surface area contributed by atoms with E-state index in [1.165, 1.54) is 18.2 Å². The number of nitrogens with zero attached hydrogens (tertiary/aromatic N) is 1. The number of sulfone groups is 1. The second-order valence-electron chi connectivity index (χ2n) is 6.26. The van der Waals surface area contributed by atoms with Crippen molar-refractivity contribution >= 4 is 27.0 Å². The second kappa shape index (κ2) is 6.58. The molecule has 0 unspecified atom stereocenters. The van der Waals surface area contributed by atoms with Gasteiger partial charge < -0.3 is 5.32 Å². The number of non-ortho nitro benzene ring substituents is 1. The molecular weight excluding hydrogens is 380 g/mol. The van der Waals surface area contributed by atoms with Crippen LogP contribution in [0.2, 0.25) is 0 Å². The smallest absolute Gasteiger partial charge is 0.269 e. The van der Waals surface area contributed by atoms with E-state index in [-0.39, 0.29) is 27.8 Å². The topological polar surface area (TPSA) is 106 Å². The minimum absolute atomic E-state index is 0.0357. The summed E-state index contributed by atoms with van der Waals surface area (Å²) in [5.41, 5.74) is 1.75. The number of nitro benzene ring substituents is 1. The molecule has 0 bridgehead atoms. The van der Waals surface area contributed by atoms with E-state index in [1.54, 1.807) is 36.4 Å². The van der Waals surface area contributed by atoms with Crippen LogP contribution in [0.3, 0.4) is 0 Å². The fourth-order valence-electron chi connectivity index (χ4n) is 3.27. The van der Waals surface area contributed by atoms with Crippen LogP contribution in [0.25, 0.3) is 11.1 Å². The van der Waals surface area contributed by atoms with Crippen molar-refractivity contribution in [1.29, 1.82) is 0 Å². The lowest BCUT2D eigenvalue weighted by Gasteiger charge is -2.15. The lowest BCUT2D eigenvalue weighted by atomic mass is 9.97. The SMILES string of the molecule is O=C1CNc2cccc(S(=O)(=O)c3ccc([N+](=O)[O-])cc3)c2-c2ccccc21. The van der Waals surface area contributed by atoms with Gasteiger partial charge in [-0.1, -0.05) is 30.3 Å². The molecule has 1 N–H and O–H groups in total. The van der Waals surface area contributed by atoms with E-state index in [9.17, 15) is 23.3 Å². The van der Waals surface area contributed by atoms with Crippen LogP contribution < -0.4 is 5.32 Å². The molecule has 0 aliphatic carbocycles. The molecule has 0 amide bonds. The fraction of sp³-hybridized carbons (Fsp3) is 0.0500. The van der Waals surface area contributed by atoms with Crippen LogP contribution in [0.15, 0.2) is 76.5 Å². The van der Waals surface area contributed by atoms with E-state index in [0.29, 0.717) is 22.4 Å². The predicted molar refractivity (Wildman–Crippen MR) is 103 cm³/mol. The van der Waals surface area contributed by atoms with E-state index in [2.05, 4.69) is 5.32 Å². The maximum Gasteiger partial charge on any atom is 0.269 e. The number of hydrogen-bond acceptors (Lipinski definition) is 6. The maximum absolute atomic E-state index is 13.3. The highest BCUT2D eigenvalue weighted by Gasteiger charge is 2.28. The second-order valence-corrected chi connectivity index (χ2v) is 8.17. The summed E-state index contributed by atoms with van der Waals surface area (Å²) in [5.74, 6) is -0.134. The van der Waals surface area contributed by atoms with Gasteiger partial charge in [0.25, 0.3) is 5.69 Å². The van der Waals surface area contributed by atoms with Crippen LogP contribution in [0.1, 0.15) is 10.4 Å². The molecule has 1 aliphatic heterocycles. The Morgan fingerprint density at radius 1 is 0.893 bits per heavy atom. The zero-order valence-corrected chi connectivity index (χ0v) is 15.3. The molecule has 0 atom stereocenters. The molecule has 8 heteroatoms. The standard InChI is InChI=1S/C20H14N2O5S/c23-18-12-21-17-6-3-7-19(20(17)16-5-2-1-4-15(16)18)28(26,27)14-10-8-13(9-11-14)22(24)25/h1-11,21H,12H2. The van der Waals surface area contributed by atoms with Gasteiger partial charge in [0.2, 0.25) is 9.84 Å². The molecule has 4 rings (SSSR count). The normalized spacial score (nSPS) is 13.1. The molecule has 0 saturated carbocycles. The van der Waals surface area contributed by atoms with Crippen molar-refractivity contribution in [1.82, 2.24) is 0 Å². The Hall–Kier alpha value is -3.52. The fourth-order valence-corrected chi connectivity index (χ4v) is 4.76. The zero-order chi connectivity index (χ0) is 19.9. The molecule has 28 heavy (non-hydrogen) atoms. The molecule has 3 aromatic carbocycles. The quantitative estimate of drug-likeness (QED) is 0.536. The molecule has 3 aromatic rings. The van der Waals surface area contributed by atoms with Gasteiger partial charge in [-0.25, -0.2) is 8.42 Å². The molecule has 0 fully saturated rings. The minimum Gasteiger partial charge on any atom is -0.377 e. The molecule has 0 aromatic heterocycles. The van der Waals surface area contributed by atoms with Gasteiger partial charge in [0.05, 0.1) is 21.3 Å². The van der Waals surface area contributed by atoms with Gasteiger partial charge in [0.1, 0.15) is 0 Å². The molecule has 0 spiro atoms. The van der Waals surface area contributed by atoms with Gasteiger partial charge in [0, 0.05) is 28.9 Å². The first-order valence-electron chi connectivity index (χ1n) is 8.38. The first-order chi connectivity index (χ1) is 13.4. The summed E-state index contributed by atoms with van der Waals surface area (Å²) in [4.78, 5) is 22.7. The summed E-state index contributed by atoms with van der Waals surface area (Å²) in [6, 6.07) is 16.4. The lowest BCUT2D eigenvalue weighted by molar-refractivity contribution is -0.384. The Bertz CT molecular complexity index is 1220. The summed E-state index contributed by atoms with van der Waals surface area (Å²) in [5, 5.41) is 13.9. The van der Waals surface area contributed by atoms with E-state index >= 15 is 0 Å². The van der Waals surface area contributed by atoms with E-state index in [1.807, 2.05) is 0 Å². The van der Waals surface area contributed by atoms with Crippen LogP contribution in [0.4, 0.5) is 11.4 Å². The van der Waals surface area contributed by atoms with Crippen LogP contribution in [0, 0.1) is 10.1 Å². The summed E-state index contributed by atoms with van der Waals surface area (Å²) in [6.07, 6.45) is 0. The molecule has 140 valence electrons. The molecule has 1 heterocycles. The number of hydrogen-bond donors (Lipinski definition) is 1. The van der Waals surface area contributed by atoms with Crippen molar-refractivity contribution in [2.75, 3.05) is 11.9 Å². The zero-order valence-electron chi connectivity index (χ0n) is 14.5. The number of fused-ring (bicyclic) bond motifs is 3. The number of nitrogens with one attached hydrogen (secondary N) is 1. The van der Waals surface area contributed by atoms with E-state index in [0.717, 1.165) is 12.1 Å². The number of carbonyl (C=O) groups excluding carboxylic acids is 1. The Kier molecular flexibility index (Phi) is 4.20. The average Bonchev–Trinajstić information content (AvgIpc) is 2.85. The Labute approximate surface area is 160 Å².